The third-order valence-corrected chi connectivity index (χ3v) is 18.2. The van der Waals surface area contributed by atoms with Crippen molar-refractivity contribution < 1.29 is 0 Å². The summed E-state index contributed by atoms with van der Waals surface area (Å²) in [5.41, 5.74) is 6.49. The Hall–Kier alpha value is -9.38. The van der Waals surface area contributed by atoms with Crippen molar-refractivity contribution in [1.82, 2.24) is 43.6 Å². The quantitative estimate of drug-likeness (QED) is 0.111. The standard InChI is InChI=1S/C60H39N9Si/c1-4-22-40(23-5-1)70(41-24-6-2-7-25-41,42-26-8-3-9-27-42)60-64-56(63-59(66-60)69-53-38-20-14-32-47(53)48-33-15-21-39-54(48)69)55-61-57(67-49-34-16-10-28-43(49)44-29-11-17-35-50(44)67)65-58(62-55)68-51-36-18-12-30-45(51)46-31-13-19-37-52(46)68/h1-39H. The largest absolute Gasteiger partial charge is 0.278 e. The van der Waals surface area contributed by atoms with E-state index in [-0.39, 0.29) is 0 Å². The lowest BCUT2D eigenvalue weighted by atomic mass is 10.2. The third-order valence-electron chi connectivity index (χ3n) is 13.7. The summed E-state index contributed by atoms with van der Waals surface area (Å²) < 4.78 is 6.45. The van der Waals surface area contributed by atoms with Gasteiger partial charge < -0.3 is 0 Å². The first-order valence-electron chi connectivity index (χ1n) is 23.4. The van der Waals surface area contributed by atoms with Gasteiger partial charge in [0, 0.05) is 32.3 Å². The van der Waals surface area contributed by atoms with Gasteiger partial charge in [-0.15, -0.1) is 0 Å². The average molecular weight is 914 g/mol. The fraction of sp³-hybridized carbons (Fsp3) is 0. The van der Waals surface area contributed by atoms with E-state index in [1.54, 1.807) is 0 Å². The molecular weight excluding hydrogens is 875 g/mol. The molecular formula is C60H39N9Si. The van der Waals surface area contributed by atoms with Crippen molar-refractivity contribution in [1.29, 1.82) is 0 Å². The molecule has 5 heterocycles. The van der Waals surface area contributed by atoms with Gasteiger partial charge in [0.25, 0.3) is 0 Å². The van der Waals surface area contributed by atoms with Gasteiger partial charge in [0.05, 0.1) is 33.1 Å². The SMILES string of the molecule is c1ccc([Si](c2ccccc2)(c2ccccc2)c2nc(-c3nc(-n4c5ccccc5c5ccccc54)nc(-n4c5ccccc5c5ccccc54)n3)nc(-n3c4ccccc4c4ccccc43)n2)cc1. The van der Waals surface area contributed by atoms with Crippen LogP contribution < -0.4 is 21.0 Å². The maximum Gasteiger partial charge on any atom is 0.240 e. The van der Waals surface area contributed by atoms with Crippen molar-refractivity contribution in [3.63, 3.8) is 0 Å². The first kappa shape index (κ1) is 39.8. The Balaban J connectivity index is 1.15. The van der Waals surface area contributed by atoms with E-state index in [1.165, 1.54) is 0 Å². The number of nitrogens with zero attached hydrogens (tertiary/aromatic N) is 9. The summed E-state index contributed by atoms with van der Waals surface area (Å²) in [5, 5.41) is 9.97. The van der Waals surface area contributed by atoms with Gasteiger partial charge in [-0.3, -0.25) is 13.7 Å². The highest BCUT2D eigenvalue weighted by Crippen LogP contribution is 2.35. The van der Waals surface area contributed by atoms with E-state index in [9.17, 15) is 0 Å². The zero-order valence-electron chi connectivity index (χ0n) is 37.5. The van der Waals surface area contributed by atoms with E-state index in [2.05, 4.69) is 250 Å². The molecule has 0 aliphatic heterocycles. The van der Waals surface area contributed by atoms with Crippen molar-refractivity contribution in [2.45, 2.75) is 0 Å². The summed E-state index contributed by atoms with van der Waals surface area (Å²) in [6, 6.07) is 82.8. The Morgan fingerprint density at radius 3 is 0.771 bits per heavy atom. The molecule has 70 heavy (non-hydrogen) atoms. The van der Waals surface area contributed by atoms with Crippen LogP contribution in [0.3, 0.4) is 0 Å². The van der Waals surface area contributed by atoms with Gasteiger partial charge in [0.2, 0.25) is 37.6 Å². The summed E-state index contributed by atoms with van der Waals surface area (Å²) in [5.74, 6) is 1.99. The van der Waals surface area contributed by atoms with E-state index >= 15 is 0 Å². The fourth-order valence-electron chi connectivity index (χ4n) is 10.8. The third kappa shape index (κ3) is 5.96. The molecule has 0 aliphatic rings. The summed E-state index contributed by atoms with van der Waals surface area (Å²) in [7, 11) is -3.38. The van der Waals surface area contributed by atoms with Crippen LogP contribution in [0.1, 0.15) is 0 Å². The van der Waals surface area contributed by atoms with Crippen LogP contribution >= 0.6 is 0 Å². The number of hydrogen-bond donors (Lipinski definition) is 0. The van der Waals surface area contributed by atoms with E-state index in [4.69, 9.17) is 29.9 Å². The van der Waals surface area contributed by atoms with Gasteiger partial charge in [0.15, 0.2) is 0 Å². The van der Waals surface area contributed by atoms with Crippen molar-refractivity contribution in [2.24, 2.45) is 0 Å². The second-order valence-electron chi connectivity index (χ2n) is 17.5. The molecule has 0 aliphatic carbocycles. The van der Waals surface area contributed by atoms with Crippen LogP contribution in [-0.2, 0) is 0 Å². The Kier molecular flexibility index (Phi) is 9.01. The van der Waals surface area contributed by atoms with E-state index in [0.717, 1.165) is 81.0 Å². The van der Waals surface area contributed by atoms with Crippen LogP contribution in [0.2, 0.25) is 0 Å². The van der Waals surface area contributed by atoms with Gasteiger partial charge in [-0.25, -0.2) is 9.97 Å². The maximum absolute atomic E-state index is 5.73. The predicted octanol–water partition coefficient (Wildman–Crippen LogP) is 10.4. The zero-order valence-corrected chi connectivity index (χ0v) is 38.5. The Labute approximate surface area is 402 Å². The van der Waals surface area contributed by atoms with Crippen LogP contribution in [0.5, 0.6) is 0 Å². The normalized spacial score (nSPS) is 12.0. The smallest absolute Gasteiger partial charge is 0.240 e. The first-order valence-corrected chi connectivity index (χ1v) is 25.4. The Morgan fingerprint density at radius 1 is 0.229 bits per heavy atom. The van der Waals surface area contributed by atoms with Crippen LogP contribution in [0.4, 0.5) is 0 Å². The number of fused-ring (bicyclic) bond motifs is 9. The molecule has 0 N–H and O–H groups in total. The topological polar surface area (TPSA) is 92.1 Å². The molecule has 0 atom stereocenters. The van der Waals surface area contributed by atoms with Gasteiger partial charge in [0.1, 0.15) is 5.45 Å². The predicted molar refractivity (Wildman–Crippen MR) is 285 cm³/mol. The van der Waals surface area contributed by atoms with Crippen LogP contribution in [0.15, 0.2) is 237 Å². The minimum absolute atomic E-state index is 0.312. The van der Waals surface area contributed by atoms with Gasteiger partial charge >= 0.3 is 0 Å². The molecule has 0 amide bonds. The molecule has 5 aromatic heterocycles. The molecule has 14 rings (SSSR count). The number of para-hydroxylation sites is 6. The lowest BCUT2D eigenvalue weighted by molar-refractivity contribution is 0.875. The molecule has 0 spiro atoms. The van der Waals surface area contributed by atoms with Crippen LogP contribution in [-0.4, -0.2) is 51.7 Å². The maximum atomic E-state index is 5.73. The molecule has 10 heteroatoms. The molecule has 328 valence electrons. The summed E-state index contributed by atoms with van der Waals surface area (Å²) in [6.45, 7) is 0. The van der Waals surface area contributed by atoms with Gasteiger partial charge in [-0.1, -0.05) is 200 Å². The summed E-state index contributed by atoms with van der Waals surface area (Å²) in [6.07, 6.45) is 0. The number of hydrogen-bond acceptors (Lipinski definition) is 6. The lowest BCUT2D eigenvalue weighted by Crippen LogP contribution is -2.76. The Morgan fingerprint density at radius 2 is 0.471 bits per heavy atom. The second-order valence-corrected chi connectivity index (χ2v) is 21.2. The molecule has 0 unspecified atom stereocenters. The molecule has 0 fully saturated rings. The first-order chi connectivity index (χ1) is 34.7. The number of rotatable bonds is 8. The monoisotopic (exact) mass is 913 g/mol. The van der Waals surface area contributed by atoms with E-state index < -0.39 is 8.07 Å². The van der Waals surface area contributed by atoms with Crippen molar-refractivity contribution in [3.05, 3.63) is 237 Å². The van der Waals surface area contributed by atoms with E-state index in [0.29, 0.717) is 34.9 Å². The second kappa shape index (κ2) is 15.9. The molecule has 0 saturated carbocycles. The van der Waals surface area contributed by atoms with Crippen LogP contribution in [0.25, 0.3) is 94.9 Å². The molecule has 9 aromatic carbocycles. The number of aromatic nitrogens is 9. The zero-order chi connectivity index (χ0) is 46.2. The van der Waals surface area contributed by atoms with Crippen LogP contribution in [0, 0.1) is 0 Å². The highest BCUT2D eigenvalue weighted by molar-refractivity contribution is 7.19. The highest BCUT2D eigenvalue weighted by Gasteiger charge is 2.45. The number of benzene rings is 9. The van der Waals surface area contributed by atoms with Crippen molar-refractivity contribution in [3.8, 4) is 29.5 Å². The van der Waals surface area contributed by atoms with Crippen molar-refractivity contribution in [2.75, 3.05) is 0 Å². The molecule has 0 bridgehead atoms. The van der Waals surface area contributed by atoms with Crippen molar-refractivity contribution >= 4 is 94.5 Å². The fourth-order valence-corrected chi connectivity index (χ4v) is 15.1. The molecule has 14 aromatic rings. The summed E-state index contributed by atoms with van der Waals surface area (Å²) in [4.78, 5) is 33.4. The molecule has 0 radical (unpaired) electrons. The minimum Gasteiger partial charge on any atom is -0.278 e. The Bertz CT molecular complexity index is 3930. The van der Waals surface area contributed by atoms with Gasteiger partial charge in [-0.2, -0.15) is 19.9 Å². The molecule has 9 nitrogen and oxygen atoms in total. The summed E-state index contributed by atoms with van der Waals surface area (Å²) >= 11 is 0. The highest BCUT2D eigenvalue weighted by atomic mass is 28.3. The minimum atomic E-state index is -3.38. The van der Waals surface area contributed by atoms with Gasteiger partial charge in [-0.05, 0) is 52.0 Å². The average Bonchev–Trinajstić information content (AvgIpc) is 4.08. The molecule has 0 saturated heterocycles. The lowest BCUT2D eigenvalue weighted by Gasteiger charge is -2.32. The van der Waals surface area contributed by atoms with E-state index in [1.807, 2.05) is 0 Å².